The second-order valence-electron chi connectivity index (χ2n) is 8.53. The summed E-state index contributed by atoms with van der Waals surface area (Å²) in [6.07, 6.45) is 9.85. The zero-order valence-electron chi connectivity index (χ0n) is 17.0. The maximum absolute atomic E-state index is 12.6. The number of hydrogen-bond donors (Lipinski definition) is 1. The van der Waals surface area contributed by atoms with Crippen LogP contribution in [0.25, 0.3) is 0 Å². The molecule has 4 heteroatoms. The van der Waals surface area contributed by atoms with Crippen LogP contribution in [0, 0.1) is 5.92 Å². The van der Waals surface area contributed by atoms with Crippen molar-refractivity contribution < 1.29 is 4.79 Å². The number of nitrogens with zero attached hydrogens (tertiary/aromatic N) is 2. The van der Waals surface area contributed by atoms with Crippen molar-refractivity contribution in [2.24, 2.45) is 5.92 Å². The molecule has 0 aromatic heterocycles. The van der Waals surface area contributed by atoms with Crippen LogP contribution in [0.2, 0.25) is 0 Å². The first-order valence-electron chi connectivity index (χ1n) is 11.0. The Bertz CT molecular complexity index is 548. The molecule has 0 bridgehead atoms. The quantitative estimate of drug-likeness (QED) is 0.754. The molecule has 1 atom stereocenters. The molecule has 4 nitrogen and oxygen atoms in total. The minimum atomic E-state index is 0.0942. The van der Waals surface area contributed by atoms with E-state index in [1.807, 2.05) is 6.07 Å². The van der Waals surface area contributed by atoms with Gasteiger partial charge in [-0.2, -0.15) is 0 Å². The van der Waals surface area contributed by atoms with E-state index < -0.39 is 0 Å². The van der Waals surface area contributed by atoms with Crippen molar-refractivity contribution in [3.05, 3.63) is 35.9 Å². The Balaban J connectivity index is 1.48. The number of benzene rings is 1. The molecule has 0 radical (unpaired) electrons. The fraction of sp³-hybridized carbons (Fsp3) is 0.696. The van der Waals surface area contributed by atoms with E-state index in [0.717, 1.165) is 45.1 Å². The van der Waals surface area contributed by atoms with Gasteiger partial charge in [0.2, 0.25) is 5.91 Å². The highest BCUT2D eigenvalue weighted by Gasteiger charge is 2.21. The van der Waals surface area contributed by atoms with Gasteiger partial charge in [0.15, 0.2) is 0 Å². The molecule has 1 aromatic carbocycles. The normalized spacial score (nSPS) is 21.1. The van der Waals surface area contributed by atoms with Gasteiger partial charge in [-0.1, -0.05) is 62.4 Å². The van der Waals surface area contributed by atoms with Crippen LogP contribution in [-0.4, -0.2) is 55.5 Å². The Morgan fingerprint density at radius 3 is 2.48 bits per heavy atom. The van der Waals surface area contributed by atoms with Crippen LogP contribution in [0.1, 0.15) is 63.0 Å². The fourth-order valence-electron chi connectivity index (χ4n) is 4.50. The van der Waals surface area contributed by atoms with Crippen molar-refractivity contribution in [3.8, 4) is 0 Å². The van der Waals surface area contributed by atoms with Gasteiger partial charge in [0.1, 0.15) is 0 Å². The Morgan fingerprint density at radius 2 is 1.78 bits per heavy atom. The predicted octanol–water partition coefficient (Wildman–Crippen LogP) is 3.84. The van der Waals surface area contributed by atoms with Gasteiger partial charge in [0.25, 0.3) is 0 Å². The number of likely N-dealkylation sites (N-methyl/N-ethyl adjacent to an activating group) is 1. The highest BCUT2D eigenvalue weighted by molar-refractivity contribution is 5.76. The third-order valence-electron chi connectivity index (χ3n) is 6.31. The van der Waals surface area contributed by atoms with Crippen LogP contribution in [-0.2, 0) is 4.79 Å². The van der Waals surface area contributed by atoms with E-state index in [2.05, 4.69) is 46.4 Å². The van der Waals surface area contributed by atoms with Crippen molar-refractivity contribution >= 4 is 5.91 Å². The largest absolute Gasteiger partial charge is 0.348 e. The van der Waals surface area contributed by atoms with Gasteiger partial charge in [0, 0.05) is 39.1 Å². The van der Waals surface area contributed by atoms with Gasteiger partial charge >= 0.3 is 0 Å². The summed E-state index contributed by atoms with van der Waals surface area (Å²) in [6, 6.07) is 10.6. The van der Waals surface area contributed by atoms with E-state index >= 15 is 0 Å². The highest BCUT2D eigenvalue weighted by Crippen LogP contribution is 2.27. The second kappa shape index (κ2) is 10.8. The minimum Gasteiger partial charge on any atom is -0.348 e. The van der Waals surface area contributed by atoms with Crippen molar-refractivity contribution in [2.45, 2.75) is 57.4 Å². The average Bonchev–Trinajstić information content (AvgIpc) is 2.70. The molecule has 3 rings (SSSR count). The highest BCUT2D eigenvalue weighted by atomic mass is 16.1. The number of hydrogen-bond acceptors (Lipinski definition) is 3. The van der Waals surface area contributed by atoms with Crippen LogP contribution < -0.4 is 5.32 Å². The van der Waals surface area contributed by atoms with Gasteiger partial charge in [-0.05, 0) is 31.4 Å². The SMILES string of the molecule is CN1CCN(CC(NC(=O)CCCC2CCCCC2)c2ccccc2)CC1. The first-order valence-corrected chi connectivity index (χ1v) is 11.0. The summed E-state index contributed by atoms with van der Waals surface area (Å²) in [7, 11) is 2.18. The van der Waals surface area contributed by atoms with Crippen LogP contribution in [0.4, 0.5) is 0 Å². The van der Waals surface area contributed by atoms with Crippen molar-refractivity contribution in [1.82, 2.24) is 15.1 Å². The summed E-state index contributed by atoms with van der Waals surface area (Å²) < 4.78 is 0. The van der Waals surface area contributed by atoms with Crippen LogP contribution in [0.3, 0.4) is 0 Å². The maximum atomic E-state index is 12.6. The Labute approximate surface area is 165 Å². The molecule has 1 saturated carbocycles. The zero-order valence-corrected chi connectivity index (χ0v) is 17.0. The molecule has 1 unspecified atom stereocenters. The van der Waals surface area contributed by atoms with Gasteiger partial charge in [-0.15, -0.1) is 0 Å². The standard InChI is InChI=1S/C23H37N3O/c1-25-15-17-26(18-16-25)19-22(21-12-6-3-7-13-21)24-23(27)14-8-11-20-9-4-2-5-10-20/h3,6-7,12-13,20,22H,2,4-5,8-11,14-19H2,1H3,(H,24,27). The summed E-state index contributed by atoms with van der Waals surface area (Å²) in [4.78, 5) is 17.5. The Kier molecular flexibility index (Phi) is 8.15. The molecule has 1 heterocycles. The maximum Gasteiger partial charge on any atom is 0.220 e. The molecular weight excluding hydrogens is 334 g/mol. The van der Waals surface area contributed by atoms with Crippen molar-refractivity contribution in [1.29, 1.82) is 0 Å². The van der Waals surface area contributed by atoms with Crippen LogP contribution >= 0.6 is 0 Å². The summed E-state index contributed by atoms with van der Waals surface area (Å²) in [5.74, 6) is 1.08. The molecular formula is C23H37N3O. The molecule has 2 aliphatic rings. The third-order valence-corrected chi connectivity index (χ3v) is 6.31. The molecule has 1 aliphatic heterocycles. The van der Waals surface area contributed by atoms with Crippen LogP contribution in [0.5, 0.6) is 0 Å². The molecule has 1 N–H and O–H groups in total. The van der Waals surface area contributed by atoms with E-state index in [0.29, 0.717) is 6.42 Å². The minimum absolute atomic E-state index is 0.0942. The number of carbonyl (C=O) groups is 1. The lowest BCUT2D eigenvalue weighted by Crippen LogP contribution is -2.47. The summed E-state index contributed by atoms with van der Waals surface area (Å²) in [5, 5.41) is 3.34. The van der Waals surface area contributed by atoms with E-state index in [1.165, 1.54) is 44.1 Å². The number of amides is 1. The summed E-state index contributed by atoms with van der Waals surface area (Å²) in [6.45, 7) is 5.29. The van der Waals surface area contributed by atoms with Gasteiger partial charge in [-0.3, -0.25) is 9.69 Å². The lowest BCUT2D eigenvalue weighted by atomic mass is 9.86. The average molecular weight is 372 g/mol. The first-order chi connectivity index (χ1) is 13.2. The lowest BCUT2D eigenvalue weighted by molar-refractivity contribution is -0.122. The summed E-state index contributed by atoms with van der Waals surface area (Å²) >= 11 is 0. The van der Waals surface area contributed by atoms with E-state index in [4.69, 9.17) is 0 Å². The Morgan fingerprint density at radius 1 is 1.07 bits per heavy atom. The molecule has 0 spiro atoms. The Hall–Kier alpha value is -1.39. The number of nitrogens with one attached hydrogen (secondary N) is 1. The zero-order chi connectivity index (χ0) is 18.9. The smallest absolute Gasteiger partial charge is 0.220 e. The fourth-order valence-corrected chi connectivity index (χ4v) is 4.50. The number of carbonyl (C=O) groups excluding carboxylic acids is 1. The molecule has 150 valence electrons. The van der Waals surface area contributed by atoms with Gasteiger partial charge in [-0.25, -0.2) is 0 Å². The molecule has 1 saturated heterocycles. The van der Waals surface area contributed by atoms with Gasteiger partial charge < -0.3 is 10.2 Å². The molecule has 27 heavy (non-hydrogen) atoms. The monoisotopic (exact) mass is 371 g/mol. The topological polar surface area (TPSA) is 35.6 Å². The third kappa shape index (κ3) is 6.93. The summed E-state index contributed by atoms with van der Waals surface area (Å²) in [5.41, 5.74) is 1.22. The van der Waals surface area contributed by atoms with Crippen LogP contribution in [0.15, 0.2) is 30.3 Å². The first kappa shape index (κ1) is 20.3. The van der Waals surface area contributed by atoms with Crippen molar-refractivity contribution in [3.63, 3.8) is 0 Å². The van der Waals surface area contributed by atoms with Gasteiger partial charge in [0.05, 0.1) is 6.04 Å². The number of rotatable bonds is 8. The molecule has 1 aromatic rings. The van der Waals surface area contributed by atoms with E-state index in [1.54, 1.807) is 0 Å². The lowest BCUT2D eigenvalue weighted by Gasteiger charge is -2.35. The van der Waals surface area contributed by atoms with Crippen molar-refractivity contribution in [2.75, 3.05) is 39.8 Å². The second-order valence-corrected chi connectivity index (χ2v) is 8.53. The van der Waals surface area contributed by atoms with E-state index in [-0.39, 0.29) is 11.9 Å². The number of piperazine rings is 1. The molecule has 1 aliphatic carbocycles. The molecule has 2 fully saturated rings. The molecule has 1 amide bonds. The van der Waals surface area contributed by atoms with E-state index in [9.17, 15) is 4.79 Å². The predicted molar refractivity (Wildman–Crippen MR) is 112 cm³/mol.